The minimum atomic E-state index is -1.18. The molecule has 0 fully saturated rings. The van der Waals surface area contributed by atoms with Crippen LogP contribution in [0, 0.1) is 5.92 Å². The highest BCUT2D eigenvalue weighted by Crippen LogP contribution is 2.14. The second-order valence-corrected chi connectivity index (χ2v) is 8.47. The molecule has 4 atom stereocenters. The Morgan fingerprint density at radius 1 is 0.906 bits per heavy atom. The number of rotatable bonds is 11. The fraction of sp³-hybridized carbons (Fsp3) is 0.375. The molecule has 8 heteroatoms. The SMILES string of the molecule is CC[C@H](C)[C@H](NC(=O)[C@@H](S)Cc1ccccc1)C(=O)N[C@@H](Cc1ccc(O)cc1)C(=O)O. The monoisotopic (exact) mass is 458 g/mol. The average molecular weight is 459 g/mol. The molecule has 7 nitrogen and oxygen atoms in total. The van der Waals surface area contributed by atoms with Crippen LogP contribution in [-0.4, -0.2) is 45.3 Å². The lowest BCUT2D eigenvalue weighted by Gasteiger charge is -2.26. The largest absolute Gasteiger partial charge is 0.508 e. The van der Waals surface area contributed by atoms with Crippen LogP contribution in [0.1, 0.15) is 31.4 Å². The third-order valence-corrected chi connectivity index (χ3v) is 5.78. The molecule has 0 aliphatic carbocycles. The summed E-state index contributed by atoms with van der Waals surface area (Å²) >= 11 is 4.40. The van der Waals surface area contributed by atoms with Gasteiger partial charge in [-0.2, -0.15) is 12.6 Å². The molecule has 0 unspecified atom stereocenters. The van der Waals surface area contributed by atoms with Crippen LogP contribution in [0.3, 0.4) is 0 Å². The Labute approximate surface area is 193 Å². The number of phenolic OH excluding ortho intramolecular Hbond substituents is 1. The predicted molar refractivity (Wildman–Crippen MR) is 126 cm³/mol. The van der Waals surface area contributed by atoms with E-state index in [9.17, 15) is 24.6 Å². The molecule has 2 amide bonds. The van der Waals surface area contributed by atoms with Gasteiger partial charge in [-0.25, -0.2) is 4.79 Å². The summed E-state index contributed by atoms with van der Waals surface area (Å²) in [7, 11) is 0. The van der Waals surface area contributed by atoms with Crippen LogP contribution in [0.15, 0.2) is 54.6 Å². The minimum absolute atomic E-state index is 0.0473. The predicted octanol–water partition coefficient (Wildman–Crippen LogP) is 2.58. The van der Waals surface area contributed by atoms with Crippen molar-refractivity contribution in [1.29, 1.82) is 0 Å². The van der Waals surface area contributed by atoms with Crippen molar-refractivity contribution in [3.05, 3.63) is 65.7 Å². The van der Waals surface area contributed by atoms with Crippen molar-refractivity contribution in [1.82, 2.24) is 10.6 Å². The molecule has 2 rings (SSSR count). The van der Waals surface area contributed by atoms with Crippen molar-refractivity contribution in [2.45, 2.75) is 50.4 Å². The fourth-order valence-electron chi connectivity index (χ4n) is 3.21. The summed E-state index contributed by atoms with van der Waals surface area (Å²) in [5.74, 6) is -2.26. The van der Waals surface area contributed by atoms with E-state index in [1.54, 1.807) is 12.1 Å². The van der Waals surface area contributed by atoms with Crippen LogP contribution in [-0.2, 0) is 27.2 Å². The minimum Gasteiger partial charge on any atom is -0.508 e. The van der Waals surface area contributed by atoms with E-state index in [1.807, 2.05) is 44.2 Å². The van der Waals surface area contributed by atoms with E-state index in [1.165, 1.54) is 12.1 Å². The molecule has 0 saturated carbocycles. The Hall–Kier alpha value is -3.00. The Morgan fingerprint density at radius 2 is 1.50 bits per heavy atom. The van der Waals surface area contributed by atoms with Gasteiger partial charge in [0.2, 0.25) is 11.8 Å². The molecule has 0 radical (unpaired) electrons. The molecular weight excluding hydrogens is 428 g/mol. The Kier molecular flexibility index (Phi) is 9.59. The topological polar surface area (TPSA) is 116 Å². The zero-order valence-electron chi connectivity index (χ0n) is 18.2. The number of carbonyl (C=O) groups is 3. The number of carbonyl (C=O) groups excluding carboxylic acids is 2. The first-order valence-corrected chi connectivity index (χ1v) is 11.1. The smallest absolute Gasteiger partial charge is 0.326 e. The second-order valence-electron chi connectivity index (χ2n) is 7.85. The number of benzene rings is 2. The highest BCUT2D eigenvalue weighted by atomic mass is 32.1. The summed E-state index contributed by atoms with van der Waals surface area (Å²) in [4.78, 5) is 37.4. The summed E-state index contributed by atoms with van der Waals surface area (Å²) in [6.07, 6.45) is 1.07. The summed E-state index contributed by atoms with van der Waals surface area (Å²) in [6, 6.07) is 13.5. The first-order chi connectivity index (χ1) is 15.2. The van der Waals surface area contributed by atoms with E-state index in [-0.39, 0.29) is 24.0 Å². The van der Waals surface area contributed by atoms with Crippen molar-refractivity contribution in [3.63, 3.8) is 0 Å². The van der Waals surface area contributed by atoms with Crippen LogP contribution >= 0.6 is 12.6 Å². The molecule has 32 heavy (non-hydrogen) atoms. The maximum atomic E-state index is 13.0. The maximum absolute atomic E-state index is 13.0. The van der Waals surface area contributed by atoms with E-state index in [0.717, 1.165) is 5.56 Å². The third-order valence-electron chi connectivity index (χ3n) is 5.36. The van der Waals surface area contributed by atoms with E-state index >= 15 is 0 Å². The quantitative estimate of drug-likeness (QED) is 0.332. The Balaban J connectivity index is 2.07. The zero-order chi connectivity index (χ0) is 23.7. The van der Waals surface area contributed by atoms with Gasteiger partial charge < -0.3 is 20.8 Å². The van der Waals surface area contributed by atoms with Gasteiger partial charge in [0.15, 0.2) is 0 Å². The molecule has 0 aliphatic heterocycles. The van der Waals surface area contributed by atoms with Gasteiger partial charge in [0.25, 0.3) is 0 Å². The van der Waals surface area contributed by atoms with Gasteiger partial charge in [0.05, 0.1) is 5.25 Å². The standard InChI is InChI=1S/C24H30N2O5S/c1-3-15(2)21(26-22(28)20(32)14-16-7-5-4-6-8-16)23(29)25-19(24(30)31)13-17-9-11-18(27)12-10-17/h4-12,15,19-21,27,32H,3,13-14H2,1-2H3,(H,25,29)(H,26,28)(H,30,31)/t15-,19-,20-,21-/m0/s1. The number of carboxylic acids is 1. The van der Waals surface area contributed by atoms with Gasteiger partial charge in [-0.1, -0.05) is 62.7 Å². The Bertz CT molecular complexity index is 904. The van der Waals surface area contributed by atoms with Gasteiger partial charge in [0, 0.05) is 6.42 Å². The highest BCUT2D eigenvalue weighted by molar-refractivity contribution is 7.81. The number of aliphatic carboxylic acids is 1. The van der Waals surface area contributed by atoms with Crippen molar-refractivity contribution in [2.24, 2.45) is 5.92 Å². The molecule has 172 valence electrons. The first kappa shape index (κ1) is 25.3. The van der Waals surface area contributed by atoms with Crippen molar-refractivity contribution in [3.8, 4) is 5.75 Å². The van der Waals surface area contributed by atoms with Gasteiger partial charge in [-0.3, -0.25) is 9.59 Å². The molecule has 0 aromatic heterocycles. The summed E-state index contributed by atoms with van der Waals surface area (Å²) in [5.41, 5.74) is 1.60. The summed E-state index contributed by atoms with van der Waals surface area (Å²) in [5, 5.41) is 23.6. The second kappa shape index (κ2) is 12.1. The normalized spacial score (nSPS) is 14.6. The zero-order valence-corrected chi connectivity index (χ0v) is 19.1. The summed E-state index contributed by atoms with van der Waals surface area (Å²) in [6.45, 7) is 3.72. The lowest BCUT2D eigenvalue weighted by atomic mass is 9.97. The number of nitrogens with one attached hydrogen (secondary N) is 2. The molecule has 2 aromatic rings. The van der Waals surface area contributed by atoms with E-state index in [2.05, 4.69) is 23.3 Å². The third kappa shape index (κ3) is 7.60. The molecule has 0 spiro atoms. The number of phenols is 1. The number of hydrogen-bond donors (Lipinski definition) is 5. The van der Waals surface area contributed by atoms with Crippen LogP contribution in [0.25, 0.3) is 0 Å². The Morgan fingerprint density at radius 3 is 2.06 bits per heavy atom. The van der Waals surface area contributed by atoms with E-state index in [0.29, 0.717) is 18.4 Å². The van der Waals surface area contributed by atoms with Gasteiger partial charge >= 0.3 is 5.97 Å². The van der Waals surface area contributed by atoms with Gasteiger partial charge in [-0.05, 0) is 35.6 Å². The molecule has 0 aliphatic rings. The van der Waals surface area contributed by atoms with Crippen molar-refractivity contribution < 1.29 is 24.6 Å². The molecule has 0 saturated heterocycles. The lowest BCUT2D eigenvalue weighted by Crippen LogP contribution is -2.55. The van der Waals surface area contributed by atoms with Crippen molar-refractivity contribution >= 4 is 30.4 Å². The lowest BCUT2D eigenvalue weighted by molar-refractivity contribution is -0.142. The van der Waals surface area contributed by atoms with Crippen LogP contribution in [0.4, 0.5) is 0 Å². The van der Waals surface area contributed by atoms with E-state index < -0.39 is 29.2 Å². The van der Waals surface area contributed by atoms with Crippen molar-refractivity contribution in [2.75, 3.05) is 0 Å². The first-order valence-electron chi connectivity index (χ1n) is 10.5. The van der Waals surface area contributed by atoms with Crippen LogP contribution < -0.4 is 10.6 Å². The number of aromatic hydroxyl groups is 1. The van der Waals surface area contributed by atoms with Gasteiger partial charge in [0.1, 0.15) is 17.8 Å². The van der Waals surface area contributed by atoms with Crippen LogP contribution in [0.5, 0.6) is 5.75 Å². The molecule has 0 heterocycles. The number of thiol groups is 1. The fourth-order valence-corrected chi connectivity index (χ4v) is 3.50. The number of carboxylic acid groups (broad SMARTS) is 1. The molecule has 4 N–H and O–H groups in total. The van der Waals surface area contributed by atoms with E-state index in [4.69, 9.17) is 0 Å². The highest BCUT2D eigenvalue weighted by Gasteiger charge is 2.31. The number of amides is 2. The average Bonchev–Trinajstić information content (AvgIpc) is 2.78. The van der Waals surface area contributed by atoms with Crippen LogP contribution in [0.2, 0.25) is 0 Å². The molecular formula is C24H30N2O5S. The molecule has 2 aromatic carbocycles. The molecule has 0 bridgehead atoms. The number of hydrogen-bond acceptors (Lipinski definition) is 5. The van der Waals surface area contributed by atoms with Gasteiger partial charge in [-0.15, -0.1) is 0 Å². The summed E-state index contributed by atoms with van der Waals surface area (Å²) < 4.78 is 0. The maximum Gasteiger partial charge on any atom is 0.326 e.